The first-order valence-corrected chi connectivity index (χ1v) is 9.57. The molecule has 0 saturated heterocycles. The van der Waals surface area contributed by atoms with Crippen LogP contribution in [0.5, 0.6) is 0 Å². The predicted octanol–water partition coefficient (Wildman–Crippen LogP) is 4.05. The van der Waals surface area contributed by atoms with Crippen LogP contribution in [-0.4, -0.2) is 24.1 Å². The molecule has 0 heterocycles. The average Bonchev–Trinajstić information content (AvgIpc) is 2.75. The molecule has 0 aliphatic heterocycles. The van der Waals surface area contributed by atoms with Crippen LogP contribution in [0.15, 0.2) is 78.9 Å². The summed E-state index contributed by atoms with van der Waals surface area (Å²) in [5.74, 6) is -0.954. The molecule has 0 radical (unpaired) electrons. The summed E-state index contributed by atoms with van der Waals surface area (Å²) in [6.45, 7) is 0. The van der Waals surface area contributed by atoms with E-state index < -0.39 is 18.2 Å². The molecule has 2 aliphatic carbocycles. The van der Waals surface area contributed by atoms with Gasteiger partial charge in [0, 0.05) is 12.8 Å². The quantitative estimate of drug-likeness (QED) is 0.758. The van der Waals surface area contributed by atoms with Crippen LogP contribution in [0.3, 0.4) is 0 Å². The maximum absolute atomic E-state index is 12.6. The Labute approximate surface area is 164 Å². The topological polar surface area (TPSA) is 52.6 Å². The van der Waals surface area contributed by atoms with E-state index >= 15 is 0 Å². The van der Waals surface area contributed by atoms with Crippen LogP contribution in [0.2, 0.25) is 0 Å². The third kappa shape index (κ3) is 4.06. The maximum Gasteiger partial charge on any atom is 0.338 e. The summed E-state index contributed by atoms with van der Waals surface area (Å²) in [4.78, 5) is 25.2. The first-order valence-electron chi connectivity index (χ1n) is 9.57. The van der Waals surface area contributed by atoms with E-state index in [4.69, 9.17) is 9.47 Å². The number of carbonyl (C=O) groups is 2. The largest absolute Gasteiger partial charge is 0.458 e. The summed E-state index contributed by atoms with van der Waals surface area (Å²) in [5, 5.41) is 0. The van der Waals surface area contributed by atoms with E-state index in [1.54, 1.807) is 24.3 Å². The van der Waals surface area contributed by atoms with Gasteiger partial charge < -0.3 is 9.47 Å². The smallest absolute Gasteiger partial charge is 0.338 e. The number of hydrogen-bond acceptors (Lipinski definition) is 4. The molecule has 28 heavy (non-hydrogen) atoms. The number of esters is 2. The number of carbonyl (C=O) groups excluding carboxylic acids is 2. The molecule has 4 rings (SSSR count). The zero-order valence-electron chi connectivity index (χ0n) is 15.5. The van der Waals surface area contributed by atoms with Crippen LogP contribution < -0.4 is 0 Å². The van der Waals surface area contributed by atoms with Crippen molar-refractivity contribution in [2.75, 3.05) is 0 Å². The van der Waals surface area contributed by atoms with E-state index in [2.05, 4.69) is 0 Å². The minimum absolute atomic E-state index is 0.272. The molecule has 4 nitrogen and oxygen atoms in total. The fourth-order valence-corrected chi connectivity index (χ4v) is 3.66. The Morgan fingerprint density at radius 1 is 0.786 bits per heavy atom. The standard InChI is InChI=1S/C24H22O4/c25-23(17-9-3-1-4-10-17)27-21-15-19-13-7-8-14-20(19)16-22(21)28-24(26)18-11-5-2-6-12-18/h1-11,13-14,18,21-22H,12,15-16H2/t18?,21-,22+/m0/s1. The van der Waals surface area contributed by atoms with Gasteiger partial charge in [0.2, 0.25) is 0 Å². The fraction of sp³-hybridized carbons (Fsp3) is 0.250. The van der Waals surface area contributed by atoms with Crippen molar-refractivity contribution in [3.05, 3.63) is 95.6 Å². The predicted molar refractivity (Wildman–Crippen MR) is 106 cm³/mol. The summed E-state index contributed by atoms with van der Waals surface area (Å²) in [6, 6.07) is 16.9. The molecule has 0 N–H and O–H groups in total. The van der Waals surface area contributed by atoms with Gasteiger partial charge in [0.15, 0.2) is 0 Å². The molecule has 142 valence electrons. The van der Waals surface area contributed by atoms with Crippen LogP contribution >= 0.6 is 0 Å². The summed E-state index contributed by atoms with van der Waals surface area (Å²) < 4.78 is 11.6. The van der Waals surface area contributed by atoms with Crippen LogP contribution in [-0.2, 0) is 27.1 Å². The Balaban J connectivity index is 1.52. The number of ether oxygens (including phenoxy) is 2. The van der Waals surface area contributed by atoms with Crippen molar-refractivity contribution in [1.82, 2.24) is 0 Å². The summed E-state index contributed by atoms with van der Waals surface area (Å²) in [5.41, 5.74) is 2.75. The lowest BCUT2D eigenvalue weighted by atomic mass is 9.87. The number of allylic oxidation sites excluding steroid dienone is 3. The maximum atomic E-state index is 12.6. The highest BCUT2D eigenvalue weighted by atomic mass is 16.6. The Morgan fingerprint density at radius 2 is 1.43 bits per heavy atom. The average molecular weight is 374 g/mol. The second-order valence-electron chi connectivity index (χ2n) is 7.12. The number of fused-ring (bicyclic) bond motifs is 1. The van der Waals surface area contributed by atoms with Crippen LogP contribution in [0, 0.1) is 5.92 Å². The van der Waals surface area contributed by atoms with Gasteiger partial charge in [-0.25, -0.2) is 4.79 Å². The van der Waals surface area contributed by atoms with Crippen molar-refractivity contribution in [1.29, 1.82) is 0 Å². The normalized spacial score (nSPS) is 22.9. The van der Waals surface area contributed by atoms with Gasteiger partial charge in [0.25, 0.3) is 0 Å². The monoisotopic (exact) mass is 374 g/mol. The molecule has 0 spiro atoms. The van der Waals surface area contributed by atoms with Crippen LogP contribution in [0.25, 0.3) is 0 Å². The molecule has 4 heteroatoms. The van der Waals surface area contributed by atoms with Gasteiger partial charge in [-0.2, -0.15) is 0 Å². The van der Waals surface area contributed by atoms with Crippen molar-refractivity contribution >= 4 is 11.9 Å². The highest BCUT2D eigenvalue weighted by molar-refractivity contribution is 5.89. The van der Waals surface area contributed by atoms with Crippen molar-refractivity contribution in [2.24, 2.45) is 5.92 Å². The molecule has 2 aliphatic rings. The van der Waals surface area contributed by atoms with Crippen LogP contribution in [0.4, 0.5) is 0 Å². The highest BCUT2D eigenvalue weighted by Gasteiger charge is 2.35. The van der Waals surface area contributed by atoms with Crippen molar-refractivity contribution in [2.45, 2.75) is 31.5 Å². The molecule has 0 saturated carbocycles. The van der Waals surface area contributed by atoms with Gasteiger partial charge in [0.05, 0.1) is 11.5 Å². The molecule has 1 unspecified atom stereocenters. The van der Waals surface area contributed by atoms with Gasteiger partial charge in [-0.15, -0.1) is 0 Å². The molecular weight excluding hydrogens is 352 g/mol. The van der Waals surface area contributed by atoms with Gasteiger partial charge in [-0.1, -0.05) is 66.8 Å². The van der Waals surface area contributed by atoms with E-state index in [0.29, 0.717) is 24.8 Å². The molecule has 2 aromatic carbocycles. The molecule has 0 bridgehead atoms. The van der Waals surface area contributed by atoms with E-state index in [9.17, 15) is 9.59 Å². The van der Waals surface area contributed by atoms with Crippen molar-refractivity contribution < 1.29 is 19.1 Å². The minimum atomic E-state index is -0.505. The van der Waals surface area contributed by atoms with Crippen LogP contribution in [0.1, 0.15) is 27.9 Å². The second kappa shape index (κ2) is 8.26. The molecule has 3 atom stereocenters. The van der Waals surface area contributed by atoms with Gasteiger partial charge in [-0.05, 0) is 29.7 Å². The third-order valence-electron chi connectivity index (χ3n) is 5.19. The zero-order chi connectivity index (χ0) is 19.3. The Bertz CT molecular complexity index is 913. The number of rotatable bonds is 4. The lowest BCUT2D eigenvalue weighted by Gasteiger charge is -2.33. The third-order valence-corrected chi connectivity index (χ3v) is 5.19. The number of benzene rings is 2. The summed E-state index contributed by atoms with van der Waals surface area (Å²) >= 11 is 0. The molecule has 2 aromatic rings. The van der Waals surface area contributed by atoms with E-state index in [-0.39, 0.29) is 11.9 Å². The lowest BCUT2D eigenvalue weighted by Crippen LogP contribution is -2.42. The fourth-order valence-electron chi connectivity index (χ4n) is 3.66. The summed E-state index contributed by atoms with van der Waals surface area (Å²) in [7, 11) is 0. The SMILES string of the molecule is O=C(O[C@H]1Cc2ccccc2C[C@H]1OC(=O)C1C=CC=CC1)c1ccccc1. The van der Waals surface area contributed by atoms with E-state index in [0.717, 1.165) is 11.1 Å². The second-order valence-corrected chi connectivity index (χ2v) is 7.12. The number of hydrogen-bond donors (Lipinski definition) is 0. The Hall–Kier alpha value is -3.14. The molecule has 0 aromatic heterocycles. The first-order chi connectivity index (χ1) is 13.7. The molecule has 0 fully saturated rings. The zero-order valence-corrected chi connectivity index (χ0v) is 15.5. The minimum Gasteiger partial charge on any atom is -0.458 e. The van der Waals surface area contributed by atoms with Gasteiger partial charge in [0.1, 0.15) is 12.2 Å². The van der Waals surface area contributed by atoms with Crippen molar-refractivity contribution in [3.8, 4) is 0 Å². The van der Waals surface area contributed by atoms with Crippen molar-refractivity contribution in [3.63, 3.8) is 0 Å². The first kappa shape index (κ1) is 18.2. The van der Waals surface area contributed by atoms with E-state index in [1.165, 1.54) is 0 Å². The molecular formula is C24H22O4. The molecule has 0 amide bonds. The van der Waals surface area contributed by atoms with E-state index in [1.807, 2.05) is 54.6 Å². The lowest BCUT2D eigenvalue weighted by molar-refractivity contribution is -0.159. The Kier molecular flexibility index (Phi) is 5.38. The van der Waals surface area contributed by atoms with Gasteiger partial charge >= 0.3 is 11.9 Å². The highest BCUT2D eigenvalue weighted by Crippen LogP contribution is 2.27. The van der Waals surface area contributed by atoms with Gasteiger partial charge in [-0.3, -0.25) is 4.79 Å². The Morgan fingerprint density at radius 3 is 2.07 bits per heavy atom. The summed E-state index contributed by atoms with van der Waals surface area (Å²) in [6.07, 6.45) is 8.30.